The van der Waals surface area contributed by atoms with Crippen molar-refractivity contribution in [1.82, 2.24) is 4.90 Å². The lowest BCUT2D eigenvalue weighted by atomic mass is 10.1. The van der Waals surface area contributed by atoms with Gasteiger partial charge in [-0.3, -0.25) is 4.90 Å². The average Bonchev–Trinajstić information content (AvgIpc) is 2.29. The van der Waals surface area contributed by atoms with Gasteiger partial charge in [0.1, 0.15) is 5.82 Å². The molecule has 0 radical (unpaired) electrons. The van der Waals surface area contributed by atoms with Crippen molar-refractivity contribution in [2.45, 2.75) is 26.8 Å². The van der Waals surface area contributed by atoms with Gasteiger partial charge in [-0.15, -0.1) is 0 Å². The Morgan fingerprint density at radius 3 is 2.29 bits per heavy atom. The van der Waals surface area contributed by atoms with Crippen LogP contribution in [0, 0.1) is 12.7 Å². The highest BCUT2D eigenvalue weighted by molar-refractivity contribution is 5.53. The lowest BCUT2D eigenvalue weighted by molar-refractivity contribution is 0.209. The van der Waals surface area contributed by atoms with E-state index in [0.29, 0.717) is 6.04 Å². The summed E-state index contributed by atoms with van der Waals surface area (Å²) in [7, 11) is 0. The second-order valence-corrected chi connectivity index (χ2v) is 5.05. The largest absolute Gasteiger partial charge is 0.369 e. The van der Waals surface area contributed by atoms with E-state index in [1.807, 2.05) is 13.0 Å². The highest BCUT2D eigenvalue weighted by Crippen LogP contribution is 2.22. The van der Waals surface area contributed by atoms with Crippen LogP contribution in [0.1, 0.15) is 19.4 Å². The minimum absolute atomic E-state index is 0.146. The standard InChI is InChI=1S/C14H21FN2/c1-11(2)16-6-8-17(9-7-16)14-5-4-13(15)10-12(14)3/h4-5,10-11H,6-9H2,1-3H3. The molecule has 0 unspecified atom stereocenters. The number of rotatable bonds is 2. The van der Waals surface area contributed by atoms with Crippen LogP contribution in [-0.4, -0.2) is 37.1 Å². The normalized spacial score (nSPS) is 17.8. The van der Waals surface area contributed by atoms with E-state index in [4.69, 9.17) is 0 Å². The summed E-state index contributed by atoms with van der Waals surface area (Å²) in [5.74, 6) is -0.146. The molecule has 0 spiro atoms. The first-order chi connectivity index (χ1) is 8.08. The Morgan fingerprint density at radius 2 is 1.76 bits per heavy atom. The summed E-state index contributed by atoms with van der Waals surface area (Å²) in [4.78, 5) is 4.84. The van der Waals surface area contributed by atoms with Crippen LogP contribution >= 0.6 is 0 Å². The molecular weight excluding hydrogens is 215 g/mol. The van der Waals surface area contributed by atoms with Gasteiger partial charge in [-0.1, -0.05) is 0 Å². The fourth-order valence-electron chi connectivity index (χ4n) is 2.45. The first-order valence-corrected chi connectivity index (χ1v) is 6.33. The molecule has 1 fully saturated rings. The summed E-state index contributed by atoms with van der Waals surface area (Å²) in [5.41, 5.74) is 2.21. The van der Waals surface area contributed by atoms with Gasteiger partial charge in [-0.2, -0.15) is 0 Å². The van der Waals surface area contributed by atoms with E-state index in [9.17, 15) is 4.39 Å². The second kappa shape index (κ2) is 5.05. The van der Waals surface area contributed by atoms with Crippen LogP contribution in [0.3, 0.4) is 0 Å². The monoisotopic (exact) mass is 236 g/mol. The van der Waals surface area contributed by atoms with Gasteiger partial charge in [0, 0.05) is 37.9 Å². The quantitative estimate of drug-likeness (QED) is 0.779. The molecule has 1 heterocycles. The van der Waals surface area contributed by atoms with E-state index >= 15 is 0 Å². The molecule has 0 aromatic heterocycles. The molecule has 3 heteroatoms. The molecule has 1 aliphatic rings. The van der Waals surface area contributed by atoms with Crippen LogP contribution in [0.15, 0.2) is 18.2 Å². The summed E-state index contributed by atoms with van der Waals surface area (Å²) in [6.07, 6.45) is 0. The summed E-state index contributed by atoms with van der Waals surface area (Å²) < 4.78 is 13.1. The topological polar surface area (TPSA) is 6.48 Å². The van der Waals surface area contributed by atoms with Crippen LogP contribution in [0.5, 0.6) is 0 Å². The number of anilines is 1. The van der Waals surface area contributed by atoms with Crippen molar-refractivity contribution < 1.29 is 4.39 Å². The zero-order valence-electron chi connectivity index (χ0n) is 10.9. The van der Waals surface area contributed by atoms with Crippen molar-refractivity contribution in [2.75, 3.05) is 31.1 Å². The van der Waals surface area contributed by atoms with E-state index in [-0.39, 0.29) is 5.82 Å². The molecule has 0 amide bonds. The number of hydrogen-bond donors (Lipinski definition) is 0. The number of benzene rings is 1. The molecule has 0 saturated carbocycles. The molecule has 0 atom stereocenters. The maximum Gasteiger partial charge on any atom is 0.123 e. The Hall–Kier alpha value is -1.09. The third-order valence-corrected chi connectivity index (χ3v) is 3.54. The van der Waals surface area contributed by atoms with Crippen LogP contribution in [0.25, 0.3) is 0 Å². The van der Waals surface area contributed by atoms with Gasteiger partial charge in [0.05, 0.1) is 0 Å². The van der Waals surface area contributed by atoms with Gasteiger partial charge in [0.15, 0.2) is 0 Å². The minimum Gasteiger partial charge on any atom is -0.369 e. The fourth-order valence-corrected chi connectivity index (χ4v) is 2.45. The average molecular weight is 236 g/mol. The molecular formula is C14H21FN2. The molecule has 0 aliphatic carbocycles. The predicted octanol–water partition coefficient (Wildman–Crippen LogP) is 2.66. The molecule has 1 saturated heterocycles. The summed E-state index contributed by atoms with van der Waals surface area (Å²) in [5, 5.41) is 0. The summed E-state index contributed by atoms with van der Waals surface area (Å²) >= 11 is 0. The fraction of sp³-hybridized carbons (Fsp3) is 0.571. The Bertz CT molecular complexity index is 382. The van der Waals surface area contributed by atoms with Crippen molar-refractivity contribution in [3.05, 3.63) is 29.6 Å². The van der Waals surface area contributed by atoms with E-state index < -0.39 is 0 Å². The number of nitrogens with zero attached hydrogens (tertiary/aromatic N) is 2. The van der Waals surface area contributed by atoms with Crippen LogP contribution < -0.4 is 4.90 Å². The van der Waals surface area contributed by atoms with Gasteiger partial charge in [-0.05, 0) is 44.5 Å². The number of hydrogen-bond acceptors (Lipinski definition) is 2. The highest BCUT2D eigenvalue weighted by Gasteiger charge is 2.19. The molecule has 94 valence electrons. The lowest BCUT2D eigenvalue weighted by Crippen LogP contribution is -2.49. The van der Waals surface area contributed by atoms with E-state index in [1.165, 1.54) is 5.69 Å². The van der Waals surface area contributed by atoms with E-state index in [2.05, 4.69) is 23.6 Å². The zero-order chi connectivity index (χ0) is 12.4. The Morgan fingerprint density at radius 1 is 1.12 bits per heavy atom. The molecule has 1 aliphatic heterocycles. The second-order valence-electron chi connectivity index (χ2n) is 5.05. The van der Waals surface area contributed by atoms with Gasteiger partial charge in [-0.25, -0.2) is 4.39 Å². The highest BCUT2D eigenvalue weighted by atomic mass is 19.1. The van der Waals surface area contributed by atoms with Crippen molar-refractivity contribution in [3.63, 3.8) is 0 Å². The maximum absolute atomic E-state index is 13.1. The Balaban J connectivity index is 2.05. The van der Waals surface area contributed by atoms with Crippen molar-refractivity contribution in [1.29, 1.82) is 0 Å². The molecule has 1 aromatic carbocycles. The van der Waals surface area contributed by atoms with E-state index in [0.717, 1.165) is 31.7 Å². The van der Waals surface area contributed by atoms with Crippen LogP contribution in [0.2, 0.25) is 0 Å². The smallest absolute Gasteiger partial charge is 0.123 e. The molecule has 2 rings (SSSR count). The maximum atomic E-state index is 13.1. The third kappa shape index (κ3) is 2.78. The van der Waals surface area contributed by atoms with Crippen LogP contribution in [-0.2, 0) is 0 Å². The van der Waals surface area contributed by atoms with Gasteiger partial charge < -0.3 is 4.90 Å². The van der Waals surface area contributed by atoms with Gasteiger partial charge in [0.2, 0.25) is 0 Å². The third-order valence-electron chi connectivity index (χ3n) is 3.54. The zero-order valence-corrected chi connectivity index (χ0v) is 10.9. The van der Waals surface area contributed by atoms with Gasteiger partial charge in [0.25, 0.3) is 0 Å². The molecule has 17 heavy (non-hydrogen) atoms. The molecule has 0 bridgehead atoms. The first-order valence-electron chi connectivity index (χ1n) is 6.33. The number of aryl methyl sites for hydroxylation is 1. The minimum atomic E-state index is -0.146. The molecule has 1 aromatic rings. The number of piperazine rings is 1. The Labute approximate surface area is 103 Å². The molecule has 2 nitrogen and oxygen atoms in total. The lowest BCUT2D eigenvalue weighted by Gasteiger charge is -2.38. The van der Waals surface area contributed by atoms with Crippen molar-refractivity contribution in [3.8, 4) is 0 Å². The SMILES string of the molecule is Cc1cc(F)ccc1N1CCN(C(C)C)CC1. The predicted molar refractivity (Wildman–Crippen MR) is 70.1 cm³/mol. The van der Waals surface area contributed by atoms with Crippen molar-refractivity contribution >= 4 is 5.69 Å². The van der Waals surface area contributed by atoms with Gasteiger partial charge >= 0.3 is 0 Å². The van der Waals surface area contributed by atoms with Crippen LogP contribution in [0.4, 0.5) is 10.1 Å². The Kier molecular flexibility index (Phi) is 3.67. The van der Waals surface area contributed by atoms with E-state index in [1.54, 1.807) is 12.1 Å². The molecule has 0 N–H and O–H groups in total. The summed E-state index contributed by atoms with van der Waals surface area (Å²) in [6, 6.07) is 5.68. The summed E-state index contributed by atoms with van der Waals surface area (Å²) in [6.45, 7) is 10.7. The first kappa shape index (κ1) is 12.4. The number of halogens is 1. The van der Waals surface area contributed by atoms with Crippen molar-refractivity contribution in [2.24, 2.45) is 0 Å².